The van der Waals surface area contributed by atoms with E-state index in [2.05, 4.69) is 10.3 Å². The molecule has 0 radical (unpaired) electrons. The highest BCUT2D eigenvalue weighted by Gasteiger charge is 2.27. The molecule has 0 aliphatic heterocycles. The van der Waals surface area contributed by atoms with Gasteiger partial charge in [0, 0.05) is 12.1 Å². The maximum Gasteiger partial charge on any atom is 0.287 e. The van der Waals surface area contributed by atoms with E-state index in [9.17, 15) is 10.1 Å². The fourth-order valence-corrected chi connectivity index (χ4v) is 1.49. The van der Waals surface area contributed by atoms with Crippen LogP contribution in [0.5, 0.6) is 0 Å². The number of nitrogens with one attached hydrogen (secondary N) is 1. The van der Waals surface area contributed by atoms with Gasteiger partial charge in [-0.05, 0) is 18.9 Å². The van der Waals surface area contributed by atoms with Crippen molar-refractivity contribution in [2.45, 2.75) is 25.0 Å². The van der Waals surface area contributed by atoms with Gasteiger partial charge in [-0.15, -0.1) is 0 Å². The first-order valence-corrected chi connectivity index (χ1v) is 4.70. The van der Waals surface area contributed by atoms with Crippen LogP contribution in [0.4, 0.5) is 11.5 Å². The molecule has 2 N–H and O–H groups in total. The average molecular weight is 209 g/mol. The molecular formula is C9H11N3O3. The number of hydrogen-bond donors (Lipinski definition) is 2. The Morgan fingerprint density at radius 3 is 2.73 bits per heavy atom. The molecule has 0 saturated heterocycles. The maximum absolute atomic E-state index is 10.4. The maximum atomic E-state index is 10.4. The molecule has 1 saturated carbocycles. The number of nitrogens with zero attached hydrogens (tertiary/aromatic N) is 2. The zero-order valence-corrected chi connectivity index (χ0v) is 7.96. The molecule has 80 valence electrons. The van der Waals surface area contributed by atoms with Gasteiger partial charge >= 0.3 is 0 Å². The van der Waals surface area contributed by atoms with E-state index in [1.165, 1.54) is 12.3 Å². The van der Waals surface area contributed by atoms with Gasteiger partial charge < -0.3 is 10.4 Å². The van der Waals surface area contributed by atoms with E-state index >= 15 is 0 Å². The first kappa shape index (κ1) is 9.85. The van der Waals surface area contributed by atoms with Crippen LogP contribution in [0.1, 0.15) is 12.8 Å². The number of pyridine rings is 1. The normalized spacial score (nSPS) is 24.3. The van der Waals surface area contributed by atoms with Crippen LogP contribution < -0.4 is 5.32 Å². The zero-order chi connectivity index (χ0) is 10.8. The van der Waals surface area contributed by atoms with Gasteiger partial charge in [0.25, 0.3) is 5.69 Å². The van der Waals surface area contributed by atoms with Gasteiger partial charge in [-0.2, -0.15) is 0 Å². The third kappa shape index (κ3) is 2.21. The molecule has 0 atom stereocenters. The fourth-order valence-electron chi connectivity index (χ4n) is 1.49. The Balaban J connectivity index is 1.95. The molecule has 0 spiro atoms. The lowest BCUT2D eigenvalue weighted by Crippen LogP contribution is -2.39. The van der Waals surface area contributed by atoms with Gasteiger partial charge in [0.15, 0.2) is 0 Å². The highest BCUT2D eigenvalue weighted by molar-refractivity contribution is 5.41. The average Bonchev–Trinajstić information content (AvgIpc) is 2.16. The van der Waals surface area contributed by atoms with E-state index < -0.39 is 4.92 Å². The Hall–Kier alpha value is -1.69. The highest BCUT2D eigenvalue weighted by atomic mass is 16.6. The Labute approximate surface area is 86.1 Å². The summed E-state index contributed by atoms with van der Waals surface area (Å²) in [4.78, 5) is 13.8. The molecule has 15 heavy (non-hydrogen) atoms. The van der Waals surface area contributed by atoms with Gasteiger partial charge in [0.05, 0.1) is 11.0 Å². The van der Waals surface area contributed by atoms with Crippen molar-refractivity contribution in [1.29, 1.82) is 0 Å². The van der Waals surface area contributed by atoms with Crippen LogP contribution in [-0.2, 0) is 0 Å². The molecular weight excluding hydrogens is 198 g/mol. The van der Waals surface area contributed by atoms with Crippen LogP contribution in [0, 0.1) is 10.1 Å². The second-order valence-corrected chi connectivity index (χ2v) is 3.63. The van der Waals surface area contributed by atoms with Crippen LogP contribution in [0.15, 0.2) is 18.3 Å². The second-order valence-electron chi connectivity index (χ2n) is 3.63. The summed E-state index contributed by atoms with van der Waals surface area (Å²) in [6.07, 6.45) is 2.41. The summed E-state index contributed by atoms with van der Waals surface area (Å²) in [5.41, 5.74) is -0.0193. The van der Waals surface area contributed by atoms with Crippen molar-refractivity contribution in [2.24, 2.45) is 0 Å². The van der Waals surface area contributed by atoms with E-state index in [0.717, 1.165) is 0 Å². The minimum Gasteiger partial charge on any atom is -0.393 e. The molecule has 2 rings (SSSR count). The topological polar surface area (TPSA) is 88.3 Å². The van der Waals surface area contributed by atoms with E-state index in [4.69, 9.17) is 5.11 Å². The molecule has 0 unspecified atom stereocenters. The fraction of sp³-hybridized carbons (Fsp3) is 0.444. The summed E-state index contributed by atoms with van der Waals surface area (Å²) in [5.74, 6) is 0.609. The second kappa shape index (κ2) is 3.82. The summed E-state index contributed by atoms with van der Waals surface area (Å²) in [6, 6.07) is 3.21. The first-order chi connectivity index (χ1) is 7.15. The standard InChI is InChI=1S/C9H11N3O3/c13-8-3-6(4-8)11-9-2-1-7(5-10-9)12(14)15/h1-2,5-6,8,13H,3-4H2,(H,10,11)/t6-,8+. The minimum atomic E-state index is -0.482. The molecule has 1 aliphatic rings. The number of aliphatic hydroxyl groups is 1. The Morgan fingerprint density at radius 2 is 2.27 bits per heavy atom. The predicted molar refractivity (Wildman–Crippen MR) is 53.5 cm³/mol. The van der Waals surface area contributed by atoms with E-state index in [1.807, 2.05) is 0 Å². The van der Waals surface area contributed by atoms with Crippen LogP contribution >= 0.6 is 0 Å². The minimum absolute atomic E-state index is 0.0193. The van der Waals surface area contributed by atoms with Crippen LogP contribution in [0.2, 0.25) is 0 Å². The van der Waals surface area contributed by atoms with Crippen LogP contribution in [0.3, 0.4) is 0 Å². The van der Waals surface area contributed by atoms with Crippen molar-refractivity contribution >= 4 is 11.5 Å². The highest BCUT2D eigenvalue weighted by Crippen LogP contribution is 2.23. The van der Waals surface area contributed by atoms with Crippen molar-refractivity contribution in [2.75, 3.05) is 5.32 Å². The van der Waals surface area contributed by atoms with Gasteiger partial charge in [-0.25, -0.2) is 4.98 Å². The molecule has 6 heteroatoms. The van der Waals surface area contributed by atoms with Crippen LogP contribution in [-0.4, -0.2) is 27.2 Å². The van der Waals surface area contributed by atoms with Gasteiger partial charge in [0.1, 0.15) is 12.0 Å². The number of nitro groups is 1. The third-order valence-corrected chi connectivity index (χ3v) is 2.42. The lowest BCUT2D eigenvalue weighted by molar-refractivity contribution is -0.385. The Kier molecular flexibility index (Phi) is 2.51. The van der Waals surface area contributed by atoms with Gasteiger partial charge in [0.2, 0.25) is 0 Å². The predicted octanol–water partition coefficient (Wildman–Crippen LogP) is 0.925. The zero-order valence-electron chi connectivity index (χ0n) is 7.96. The van der Waals surface area contributed by atoms with Crippen molar-refractivity contribution in [3.05, 3.63) is 28.4 Å². The summed E-state index contributed by atoms with van der Waals surface area (Å²) in [5, 5.41) is 22.5. The molecule has 1 fully saturated rings. The van der Waals surface area contributed by atoms with Crippen molar-refractivity contribution < 1.29 is 10.0 Å². The van der Waals surface area contributed by atoms with Gasteiger partial charge in [-0.1, -0.05) is 0 Å². The Morgan fingerprint density at radius 1 is 1.53 bits per heavy atom. The number of aliphatic hydroxyl groups excluding tert-OH is 1. The summed E-state index contributed by atoms with van der Waals surface area (Å²) in [7, 11) is 0. The number of aromatic nitrogens is 1. The smallest absolute Gasteiger partial charge is 0.287 e. The lowest BCUT2D eigenvalue weighted by atomic mass is 9.89. The van der Waals surface area contributed by atoms with Crippen molar-refractivity contribution in [3.63, 3.8) is 0 Å². The Bertz CT molecular complexity index is 359. The third-order valence-electron chi connectivity index (χ3n) is 2.42. The molecule has 0 bridgehead atoms. The van der Waals surface area contributed by atoms with Crippen molar-refractivity contribution in [1.82, 2.24) is 4.98 Å². The summed E-state index contributed by atoms with van der Waals surface area (Å²) in [6.45, 7) is 0. The van der Waals surface area contributed by atoms with E-state index in [1.54, 1.807) is 6.07 Å². The lowest BCUT2D eigenvalue weighted by Gasteiger charge is -2.32. The molecule has 0 amide bonds. The molecule has 1 heterocycles. The van der Waals surface area contributed by atoms with E-state index in [-0.39, 0.29) is 17.8 Å². The van der Waals surface area contributed by atoms with Crippen molar-refractivity contribution in [3.8, 4) is 0 Å². The molecule has 6 nitrogen and oxygen atoms in total. The van der Waals surface area contributed by atoms with Crippen LogP contribution in [0.25, 0.3) is 0 Å². The molecule has 1 aliphatic carbocycles. The summed E-state index contributed by atoms with van der Waals surface area (Å²) >= 11 is 0. The number of hydrogen-bond acceptors (Lipinski definition) is 5. The number of rotatable bonds is 3. The molecule has 1 aromatic heterocycles. The number of anilines is 1. The SMILES string of the molecule is O=[N+]([O-])c1ccc(N[C@H]2C[C@@H](O)C2)nc1. The monoisotopic (exact) mass is 209 g/mol. The van der Waals surface area contributed by atoms with E-state index in [0.29, 0.717) is 18.7 Å². The summed E-state index contributed by atoms with van der Waals surface area (Å²) < 4.78 is 0. The largest absolute Gasteiger partial charge is 0.393 e. The molecule has 1 aromatic rings. The quantitative estimate of drug-likeness (QED) is 0.571. The first-order valence-electron chi connectivity index (χ1n) is 4.70. The molecule has 0 aromatic carbocycles. The van der Waals surface area contributed by atoms with Gasteiger partial charge in [-0.3, -0.25) is 10.1 Å².